The lowest BCUT2D eigenvalue weighted by atomic mass is 9.95. The van der Waals surface area contributed by atoms with E-state index in [2.05, 4.69) is 54.6 Å². The number of hydrogen-bond donors (Lipinski definition) is 0. The van der Waals surface area contributed by atoms with Gasteiger partial charge in [-0.05, 0) is 63.0 Å². The van der Waals surface area contributed by atoms with Crippen molar-refractivity contribution in [2.24, 2.45) is 7.05 Å². The molecule has 0 saturated carbocycles. The van der Waals surface area contributed by atoms with Gasteiger partial charge in [-0.15, -0.1) is 0 Å². The molecule has 1 aromatic carbocycles. The van der Waals surface area contributed by atoms with Crippen molar-refractivity contribution in [2.45, 2.75) is 84.6 Å². The number of nitriles is 1. The number of halogens is 3. The molecule has 2 aromatic rings. The minimum atomic E-state index is -4.36. The third-order valence-corrected chi connectivity index (χ3v) is 7.71. The van der Waals surface area contributed by atoms with Crippen molar-refractivity contribution >= 4 is 18.0 Å². The molecule has 0 amide bonds. The van der Waals surface area contributed by atoms with Crippen molar-refractivity contribution in [1.29, 1.82) is 5.26 Å². The lowest BCUT2D eigenvalue weighted by molar-refractivity contribution is -0.137. The van der Waals surface area contributed by atoms with E-state index in [-0.39, 0.29) is 23.8 Å². The molecule has 3 unspecified atom stereocenters. The standard InChI is InChI=1S/C31H40F3N5O/c1-7-10-11-26-28(17-12-21(4)18-35)37(6)30(40)36-29(26)38-20-25(8-2)39(19-22(38)5)27(9-3)23-13-15-24(16-14-23)31(32,33)34/h11-17,22,25,27H,7-10,19-20H2,1-6H3/b21-12+,26-11-,28-17+. The third-order valence-electron chi connectivity index (χ3n) is 7.71. The van der Waals surface area contributed by atoms with Crippen molar-refractivity contribution in [3.63, 3.8) is 0 Å². The topological polar surface area (TPSA) is 65.2 Å². The van der Waals surface area contributed by atoms with Gasteiger partial charge in [0.05, 0.1) is 17.0 Å². The molecule has 0 radical (unpaired) electrons. The Labute approximate surface area is 234 Å². The maximum absolute atomic E-state index is 13.2. The average molecular weight is 556 g/mol. The van der Waals surface area contributed by atoms with Crippen LogP contribution in [-0.2, 0) is 13.2 Å². The Morgan fingerprint density at radius 2 is 1.88 bits per heavy atom. The first-order valence-corrected chi connectivity index (χ1v) is 14.0. The Bertz CT molecular complexity index is 1420. The second-order valence-electron chi connectivity index (χ2n) is 10.5. The zero-order chi connectivity index (χ0) is 29.6. The maximum atomic E-state index is 13.2. The van der Waals surface area contributed by atoms with Crippen molar-refractivity contribution in [3.8, 4) is 6.07 Å². The van der Waals surface area contributed by atoms with Crippen molar-refractivity contribution in [1.82, 2.24) is 14.5 Å². The van der Waals surface area contributed by atoms with E-state index in [1.807, 2.05) is 6.08 Å². The van der Waals surface area contributed by atoms with E-state index in [9.17, 15) is 23.2 Å². The number of unbranched alkanes of at least 4 members (excludes halogenated alkanes) is 1. The molecule has 0 bridgehead atoms. The second-order valence-corrected chi connectivity index (χ2v) is 10.5. The smallest absolute Gasteiger partial charge is 0.350 e. The van der Waals surface area contributed by atoms with Gasteiger partial charge in [0.25, 0.3) is 0 Å². The number of rotatable bonds is 8. The molecular formula is C31H40F3N5O. The van der Waals surface area contributed by atoms with Gasteiger partial charge < -0.3 is 4.90 Å². The Balaban J connectivity index is 2.07. The zero-order valence-electron chi connectivity index (χ0n) is 24.3. The quantitative estimate of drug-likeness (QED) is 0.426. The average Bonchev–Trinajstić information content (AvgIpc) is 2.93. The van der Waals surface area contributed by atoms with Crippen molar-refractivity contribution < 1.29 is 13.2 Å². The van der Waals surface area contributed by atoms with Gasteiger partial charge in [0, 0.05) is 49.1 Å². The highest BCUT2D eigenvalue weighted by molar-refractivity contribution is 5.51. The molecule has 0 spiro atoms. The number of piperazine rings is 1. The molecule has 6 nitrogen and oxygen atoms in total. The number of alkyl halides is 3. The van der Waals surface area contributed by atoms with E-state index in [4.69, 9.17) is 0 Å². The van der Waals surface area contributed by atoms with Gasteiger partial charge in [0.1, 0.15) is 5.82 Å². The van der Waals surface area contributed by atoms with Gasteiger partial charge in [0.15, 0.2) is 0 Å². The molecule has 1 saturated heterocycles. The van der Waals surface area contributed by atoms with Crippen LogP contribution in [0.15, 0.2) is 40.7 Å². The lowest BCUT2D eigenvalue weighted by Crippen LogP contribution is -2.60. The fourth-order valence-corrected chi connectivity index (χ4v) is 5.43. The van der Waals surface area contributed by atoms with Crippen molar-refractivity contribution in [2.75, 3.05) is 18.0 Å². The van der Waals surface area contributed by atoms with E-state index in [1.165, 1.54) is 16.7 Å². The minimum absolute atomic E-state index is 0.00363. The van der Waals surface area contributed by atoms with E-state index >= 15 is 0 Å². The molecule has 1 aliphatic rings. The molecule has 1 aromatic heterocycles. The summed E-state index contributed by atoms with van der Waals surface area (Å²) in [4.78, 5) is 22.1. The normalized spacial score (nSPS) is 20.6. The summed E-state index contributed by atoms with van der Waals surface area (Å²) in [5, 5.41) is 10.8. The van der Waals surface area contributed by atoms with Crippen LogP contribution in [0.25, 0.3) is 12.2 Å². The van der Waals surface area contributed by atoms with E-state index < -0.39 is 11.7 Å². The van der Waals surface area contributed by atoms with Gasteiger partial charge in [-0.1, -0.05) is 45.4 Å². The second kappa shape index (κ2) is 13.3. The van der Waals surface area contributed by atoms with Crippen LogP contribution in [0.3, 0.4) is 0 Å². The third kappa shape index (κ3) is 6.84. The van der Waals surface area contributed by atoms with Gasteiger partial charge in [0.2, 0.25) is 0 Å². The minimum Gasteiger partial charge on any atom is -0.350 e. The SMILES string of the molecule is CCC\C=c1/c(N2CC(CC)N(C(CC)c3ccc(C(F)(F)F)cc3)CC2C)nc(=O)n(C)/c1=C/C=C(\C)C#N. The summed E-state index contributed by atoms with van der Waals surface area (Å²) in [6.45, 7) is 11.4. The summed E-state index contributed by atoms with van der Waals surface area (Å²) in [6, 6.07) is 7.74. The number of anilines is 1. The molecule has 1 fully saturated rings. The summed E-state index contributed by atoms with van der Waals surface area (Å²) < 4.78 is 41.0. The molecular weight excluding hydrogens is 515 g/mol. The van der Waals surface area contributed by atoms with Crippen LogP contribution in [0.4, 0.5) is 19.0 Å². The van der Waals surface area contributed by atoms with Gasteiger partial charge in [-0.2, -0.15) is 23.4 Å². The monoisotopic (exact) mass is 555 g/mol. The highest BCUT2D eigenvalue weighted by Gasteiger charge is 2.36. The van der Waals surface area contributed by atoms with E-state index in [0.29, 0.717) is 29.8 Å². The number of benzene rings is 1. The Hall–Kier alpha value is -3.38. The molecule has 216 valence electrons. The first-order valence-electron chi connectivity index (χ1n) is 14.0. The van der Waals surface area contributed by atoms with Crippen LogP contribution in [0, 0.1) is 11.3 Å². The molecule has 3 atom stereocenters. The lowest BCUT2D eigenvalue weighted by Gasteiger charge is -2.49. The molecule has 0 N–H and O–H groups in total. The first kappa shape index (κ1) is 31.2. The van der Waals surface area contributed by atoms with Crippen molar-refractivity contribution in [3.05, 3.63) is 68.1 Å². The summed E-state index contributed by atoms with van der Waals surface area (Å²) >= 11 is 0. The van der Waals surface area contributed by atoms with Gasteiger partial charge >= 0.3 is 11.9 Å². The molecule has 40 heavy (non-hydrogen) atoms. The predicted molar refractivity (Wildman–Crippen MR) is 154 cm³/mol. The first-order chi connectivity index (χ1) is 19.0. The van der Waals surface area contributed by atoms with E-state index in [1.54, 1.807) is 32.2 Å². The highest BCUT2D eigenvalue weighted by atomic mass is 19.4. The summed E-state index contributed by atoms with van der Waals surface area (Å²) in [7, 11) is 1.69. The Kier molecular flexibility index (Phi) is 10.4. The summed E-state index contributed by atoms with van der Waals surface area (Å²) in [5.41, 5.74) is 0.400. The highest BCUT2D eigenvalue weighted by Crippen LogP contribution is 2.34. The van der Waals surface area contributed by atoms with Crippen LogP contribution < -0.4 is 21.2 Å². The molecule has 2 heterocycles. The number of aromatic nitrogens is 2. The fraction of sp³-hybridized carbons (Fsp3) is 0.516. The van der Waals surface area contributed by atoms with E-state index in [0.717, 1.165) is 36.5 Å². The van der Waals surface area contributed by atoms with Crippen LogP contribution in [0.5, 0.6) is 0 Å². The summed E-state index contributed by atoms with van der Waals surface area (Å²) in [6.07, 6.45) is 4.61. The van der Waals surface area contributed by atoms with Crippen LogP contribution in [0.1, 0.15) is 77.5 Å². The molecule has 0 aliphatic carbocycles. The largest absolute Gasteiger partial charge is 0.416 e. The molecule has 9 heteroatoms. The van der Waals surface area contributed by atoms with Gasteiger partial charge in [-0.3, -0.25) is 9.47 Å². The van der Waals surface area contributed by atoms with Crippen LogP contribution in [0.2, 0.25) is 0 Å². The van der Waals surface area contributed by atoms with Crippen LogP contribution >= 0.6 is 0 Å². The number of hydrogen-bond acceptors (Lipinski definition) is 5. The molecule has 3 rings (SSSR count). The molecule has 1 aliphatic heterocycles. The Morgan fingerprint density at radius 3 is 2.42 bits per heavy atom. The maximum Gasteiger partial charge on any atom is 0.416 e. The van der Waals surface area contributed by atoms with Gasteiger partial charge in [-0.25, -0.2) is 4.79 Å². The fourth-order valence-electron chi connectivity index (χ4n) is 5.43. The van der Waals surface area contributed by atoms with Crippen LogP contribution in [-0.4, -0.2) is 39.6 Å². The predicted octanol–water partition coefficient (Wildman–Crippen LogP) is 5.07. The zero-order valence-corrected chi connectivity index (χ0v) is 24.3. The number of nitrogens with zero attached hydrogens (tertiary/aromatic N) is 5. The summed E-state index contributed by atoms with van der Waals surface area (Å²) in [5.74, 6) is 0.638. The Morgan fingerprint density at radius 1 is 1.20 bits per heavy atom. The number of allylic oxidation sites excluding steroid dienone is 2.